The molecule has 0 aliphatic rings. The molecule has 7 heteroatoms. The van der Waals surface area contributed by atoms with Crippen molar-refractivity contribution in [3.8, 4) is 28.4 Å². The monoisotopic (exact) mass is 357 g/mol. The van der Waals surface area contributed by atoms with Crippen molar-refractivity contribution in [3.63, 3.8) is 0 Å². The molecule has 0 fully saturated rings. The van der Waals surface area contributed by atoms with Crippen molar-refractivity contribution in [2.24, 2.45) is 0 Å². The van der Waals surface area contributed by atoms with Crippen molar-refractivity contribution in [3.05, 3.63) is 89.2 Å². The van der Waals surface area contributed by atoms with Gasteiger partial charge in [0.2, 0.25) is 0 Å². The third-order valence-corrected chi connectivity index (χ3v) is 3.98. The normalized spacial score (nSPS) is 10.7. The quantitative estimate of drug-likeness (QED) is 0.603. The molecule has 0 saturated carbocycles. The fourth-order valence-corrected chi connectivity index (χ4v) is 2.68. The van der Waals surface area contributed by atoms with E-state index in [2.05, 4.69) is 20.1 Å². The van der Waals surface area contributed by atoms with Crippen LogP contribution in [0.25, 0.3) is 22.6 Å². The van der Waals surface area contributed by atoms with Crippen LogP contribution < -0.4 is 5.56 Å². The van der Waals surface area contributed by atoms with Crippen LogP contribution in [0, 0.1) is 0 Å². The van der Waals surface area contributed by atoms with Crippen LogP contribution in [-0.2, 0) is 6.54 Å². The molecule has 3 heterocycles. The summed E-state index contributed by atoms with van der Waals surface area (Å²) in [7, 11) is 0. The molecule has 0 unspecified atom stereocenters. The highest BCUT2D eigenvalue weighted by Gasteiger charge is 2.07. The minimum Gasteiger partial charge on any atom is -0.505 e. The lowest BCUT2D eigenvalue weighted by Crippen LogP contribution is -2.22. The Bertz CT molecular complexity index is 1120. The summed E-state index contributed by atoms with van der Waals surface area (Å²) in [5.41, 5.74) is 3.03. The van der Waals surface area contributed by atoms with Crippen molar-refractivity contribution in [2.75, 3.05) is 0 Å². The predicted molar refractivity (Wildman–Crippen MR) is 100.0 cm³/mol. The first-order chi connectivity index (χ1) is 13.2. The van der Waals surface area contributed by atoms with Crippen LogP contribution in [0.1, 0.15) is 5.56 Å². The summed E-state index contributed by atoms with van der Waals surface area (Å²) in [6, 6.07) is 14.5. The van der Waals surface area contributed by atoms with Gasteiger partial charge in [0.25, 0.3) is 5.56 Å². The van der Waals surface area contributed by atoms with E-state index >= 15 is 0 Å². The Hall–Kier alpha value is -3.87. The lowest BCUT2D eigenvalue weighted by atomic mass is 10.1. The number of aromatic hydroxyl groups is 1. The van der Waals surface area contributed by atoms with Gasteiger partial charge in [0.1, 0.15) is 0 Å². The molecule has 0 bridgehead atoms. The molecule has 4 aromatic rings. The maximum absolute atomic E-state index is 12.2. The Kier molecular flexibility index (Phi) is 4.40. The van der Waals surface area contributed by atoms with Crippen LogP contribution in [0.3, 0.4) is 0 Å². The molecule has 0 aliphatic heterocycles. The van der Waals surface area contributed by atoms with Gasteiger partial charge in [-0.3, -0.25) is 9.78 Å². The third kappa shape index (κ3) is 3.72. The van der Waals surface area contributed by atoms with E-state index in [9.17, 15) is 9.90 Å². The molecular formula is C20H15N5O2. The molecule has 132 valence electrons. The average molecular weight is 357 g/mol. The van der Waals surface area contributed by atoms with E-state index in [-0.39, 0.29) is 11.3 Å². The van der Waals surface area contributed by atoms with Gasteiger partial charge in [0, 0.05) is 29.6 Å². The zero-order chi connectivity index (χ0) is 18.6. The Morgan fingerprint density at radius 1 is 0.926 bits per heavy atom. The van der Waals surface area contributed by atoms with Crippen LogP contribution in [0.5, 0.6) is 5.75 Å². The number of pyridine rings is 1. The summed E-state index contributed by atoms with van der Waals surface area (Å²) in [5.74, 6) is 0.511. The van der Waals surface area contributed by atoms with Gasteiger partial charge in [0.05, 0.1) is 24.6 Å². The number of aromatic nitrogens is 5. The molecule has 0 atom stereocenters. The number of rotatable bonds is 4. The number of benzene rings is 1. The smallest absolute Gasteiger partial charge is 0.267 e. The van der Waals surface area contributed by atoms with Gasteiger partial charge < -0.3 is 5.11 Å². The predicted octanol–water partition coefficient (Wildman–Crippen LogP) is 2.52. The first kappa shape index (κ1) is 16.6. The van der Waals surface area contributed by atoms with E-state index in [1.807, 2.05) is 36.4 Å². The van der Waals surface area contributed by atoms with Gasteiger partial charge in [-0.25, -0.2) is 14.6 Å². The van der Waals surface area contributed by atoms with Gasteiger partial charge >= 0.3 is 0 Å². The van der Waals surface area contributed by atoms with E-state index in [1.54, 1.807) is 18.5 Å². The molecule has 0 radical (unpaired) electrons. The summed E-state index contributed by atoms with van der Waals surface area (Å²) in [6.07, 6.45) is 6.09. The Labute approximate surface area is 154 Å². The second kappa shape index (κ2) is 7.17. The standard InChI is InChI=1S/C20H15N5O2/c26-17-11-22-20(23-12-17)15-4-1-3-14(9-15)13-25-19(27)7-6-18(24-25)16-5-2-8-21-10-16/h1-12,26H,13H2. The topological polar surface area (TPSA) is 93.8 Å². The lowest BCUT2D eigenvalue weighted by molar-refractivity contribution is 0.470. The van der Waals surface area contributed by atoms with Gasteiger partial charge in [0.15, 0.2) is 11.6 Å². The van der Waals surface area contributed by atoms with Gasteiger partial charge in [-0.1, -0.05) is 18.2 Å². The maximum atomic E-state index is 12.2. The molecule has 0 aliphatic carbocycles. The van der Waals surface area contributed by atoms with Gasteiger partial charge in [-0.2, -0.15) is 5.10 Å². The summed E-state index contributed by atoms with van der Waals surface area (Å²) >= 11 is 0. The Balaban J connectivity index is 1.65. The molecular weight excluding hydrogens is 342 g/mol. The first-order valence-electron chi connectivity index (χ1n) is 8.28. The van der Waals surface area contributed by atoms with Crippen molar-refractivity contribution in [1.82, 2.24) is 24.7 Å². The van der Waals surface area contributed by atoms with Crippen molar-refractivity contribution in [2.45, 2.75) is 6.54 Å². The number of nitrogens with zero attached hydrogens (tertiary/aromatic N) is 5. The fraction of sp³-hybridized carbons (Fsp3) is 0.0500. The van der Waals surface area contributed by atoms with Crippen molar-refractivity contribution >= 4 is 0 Å². The molecule has 3 aromatic heterocycles. The van der Waals surface area contributed by atoms with E-state index < -0.39 is 0 Å². The molecule has 7 nitrogen and oxygen atoms in total. The van der Waals surface area contributed by atoms with Crippen LogP contribution in [0.2, 0.25) is 0 Å². The van der Waals surface area contributed by atoms with Gasteiger partial charge in [-0.05, 0) is 29.8 Å². The minimum atomic E-state index is -0.186. The molecule has 0 spiro atoms. The summed E-state index contributed by atoms with van der Waals surface area (Å²) < 4.78 is 1.42. The number of hydrogen-bond acceptors (Lipinski definition) is 6. The van der Waals surface area contributed by atoms with Crippen molar-refractivity contribution in [1.29, 1.82) is 0 Å². The van der Waals surface area contributed by atoms with Gasteiger partial charge in [-0.15, -0.1) is 0 Å². The van der Waals surface area contributed by atoms with Crippen LogP contribution >= 0.6 is 0 Å². The summed E-state index contributed by atoms with van der Waals surface area (Å²) in [4.78, 5) is 24.6. The van der Waals surface area contributed by atoms with Crippen LogP contribution in [0.4, 0.5) is 0 Å². The molecule has 1 N–H and O–H groups in total. The second-order valence-electron chi connectivity index (χ2n) is 5.92. The number of hydrogen-bond donors (Lipinski definition) is 1. The molecule has 0 saturated heterocycles. The van der Waals surface area contributed by atoms with E-state index in [1.165, 1.54) is 23.1 Å². The fourth-order valence-electron chi connectivity index (χ4n) is 2.68. The van der Waals surface area contributed by atoms with Crippen molar-refractivity contribution < 1.29 is 5.11 Å². The second-order valence-corrected chi connectivity index (χ2v) is 5.92. The largest absolute Gasteiger partial charge is 0.505 e. The molecule has 1 aromatic carbocycles. The molecule has 27 heavy (non-hydrogen) atoms. The maximum Gasteiger partial charge on any atom is 0.267 e. The van der Waals surface area contributed by atoms with E-state index in [0.717, 1.165) is 16.7 Å². The third-order valence-electron chi connectivity index (χ3n) is 3.98. The summed E-state index contributed by atoms with van der Waals surface area (Å²) in [5, 5.41) is 13.8. The zero-order valence-corrected chi connectivity index (χ0v) is 14.2. The highest BCUT2D eigenvalue weighted by molar-refractivity contribution is 5.57. The first-order valence-corrected chi connectivity index (χ1v) is 8.28. The van der Waals surface area contributed by atoms with E-state index in [0.29, 0.717) is 18.1 Å². The molecule has 4 rings (SSSR count). The zero-order valence-electron chi connectivity index (χ0n) is 14.2. The average Bonchev–Trinajstić information content (AvgIpc) is 2.71. The van der Waals surface area contributed by atoms with Crippen LogP contribution in [-0.4, -0.2) is 29.8 Å². The molecule has 0 amide bonds. The highest BCUT2D eigenvalue weighted by atomic mass is 16.3. The minimum absolute atomic E-state index is 0.0119. The Morgan fingerprint density at radius 2 is 1.74 bits per heavy atom. The highest BCUT2D eigenvalue weighted by Crippen LogP contribution is 2.18. The van der Waals surface area contributed by atoms with E-state index in [4.69, 9.17) is 0 Å². The Morgan fingerprint density at radius 3 is 2.52 bits per heavy atom. The SMILES string of the molecule is O=c1ccc(-c2cccnc2)nn1Cc1cccc(-c2ncc(O)cn2)c1. The van der Waals surface area contributed by atoms with Crippen LogP contribution in [0.15, 0.2) is 78.1 Å². The lowest BCUT2D eigenvalue weighted by Gasteiger charge is -2.08. The summed E-state index contributed by atoms with van der Waals surface area (Å²) in [6.45, 7) is 0.318.